The van der Waals surface area contributed by atoms with E-state index in [2.05, 4.69) is 22.4 Å². The smallest absolute Gasteiger partial charge is 0.251 e. The van der Waals surface area contributed by atoms with Gasteiger partial charge in [0, 0.05) is 23.0 Å². The van der Waals surface area contributed by atoms with Crippen LogP contribution in [0.2, 0.25) is 10.0 Å². The Morgan fingerprint density at radius 1 is 1.35 bits per heavy atom. The van der Waals surface area contributed by atoms with Crippen molar-refractivity contribution in [3.8, 4) is 5.75 Å². The van der Waals surface area contributed by atoms with E-state index >= 15 is 0 Å². The molecule has 0 spiro atoms. The van der Waals surface area contributed by atoms with Crippen molar-refractivity contribution in [1.29, 1.82) is 0 Å². The van der Waals surface area contributed by atoms with Crippen molar-refractivity contribution in [2.24, 2.45) is 18.7 Å². The van der Waals surface area contributed by atoms with Crippen LogP contribution in [-0.2, 0) is 31.3 Å². The van der Waals surface area contributed by atoms with Crippen molar-refractivity contribution in [2.75, 3.05) is 11.1 Å². The van der Waals surface area contributed by atoms with Gasteiger partial charge in [0.1, 0.15) is 17.4 Å². The van der Waals surface area contributed by atoms with E-state index in [0.717, 1.165) is 29.7 Å². The third kappa shape index (κ3) is 5.51. The highest BCUT2D eigenvalue weighted by Gasteiger charge is 2.27. The number of benzene rings is 1. The first-order chi connectivity index (χ1) is 16.2. The Labute approximate surface area is 215 Å². The third-order valence-electron chi connectivity index (χ3n) is 5.52. The summed E-state index contributed by atoms with van der Waals surface area (Å²) in [6, 6.07) is 4.96. The fourth-order valence-corrected chi connectivity index (χ4v) is 6.22. The average Bonchev–Trinajstić information content (AvgIpc) is 3.31. The van der Waals surface area contributed by atoms with Gasteiger partial charge in [-0.3, -0.25) is 9.59 Å². The number of thiophene rings is 1. The average molecular weight is 540 g/mol. The van der Waals surface area contributed by atoms with Gasteiger partial charge in [0.05, 0.1) is 16.3 Å². The number of carbonyl (C=O) groups excluding carboxylic acids is 2. The first-order valence-electron chi connectivity index (χ1n) is 10.6. The number of aromatic nitrogens is 3. The minimum Gasteiger partial charge on any atom is -0.484 e. The number of nitrogens with zero attached hydrogens (tertiary/aromatic N) is 3. The number of carbonyl (C=O) groups is 2. The van der Waals surface area contributed by atoms with Gasteiger partial charge in [0.15, 0.2) is 11.0 Å². The summed E-state index contributed by atoms with van der Waals surface area (Å²) < 4.78 is 7.46. The van der Waals surface area contributed by atoms with E-state index in [9.17, 15) is 9.59 Å². The van der Waals surface area contributed by atoms with E-state index in [-0.39, 0.29) is 18.3 Å². The number of nitrogens with two attached hydrogens (primary N) is 1. The van der Waals surface area contributed by atoms with Gasteiger partial charge in [-0.25, -0.2) is 0 Å². The summed E-state index contributed by atoms with van der Waals surface area (Å²) in [4.78, 5) is 25.9. The lowest BCUT2D eigenvalue weighted by Crippen LogP contribution is -2.20. The van der Waals surface area contributed by atoms with Gasteiger partial charge in [-0.15, -0.1) is 21.5 Å². The Morgan fingerprint density at radius 3 is 2.91 bits per heavy atom. The lowest BCUT2D eigenvalue weighted by Gasteiger charge is -2.18. The van der Waals surface area contributed by atoms with Crippen LogP contribution in [-0.4, -0.2) is 32.3 Å². The molecule has 1 aliphatic rings. The number of amides is 2. The molecule has 12 heteroatoms. The first kappa shape index (κ1) is 24.8. The number of hydrogen-bond donors (Lipinski definition) is 2. The molecule has 2 aromatic heterocycles. The zero-order valence-corrected chi connectivity index (χ0v) is 21.7. The van der Waals surface area contributed by atoms with Crippen LogP contribution >= 0.6 is 46.3 Å². The van der Waals surface area contributed by atoms with Gasteiger partial charge in [0.25, 0.3) is 5.91 Å². The van der Waals surface area contributed by atoms with Gasteiger partial charge in [-0.2, -0.15) is 0 Å². The maximum Gasteiger partial charge on any atom is 0.251 e. The quantitative estimate of drug-likeness (QED) is 0.400. The van der Waals surface area contributed by atoms with Crippen molar-refractivity contribution in [3.63, 3.8) is 0 Å². The molecule has 4 rings (SSSR count). The Kier molecular flexibility index (Phi) is 7.71. The van der Waals surface area contributed by atoms with E-state index in [1.807, 2.05) is 0 Å². The highest BCUT2D eigenvalue weighted by atomic mass is 35.5. The molecule has 0 aliphatic heterocycles. The van der Waals surface area contributed by atoms with Gasteiger partial charge < -0.3 is 20.4 Å². The summed E-state index contributed by atoms with van der Waals surface area (Å²) in [6.45, 7) is 2.32. The molecule has 3 aromatic rings. The van der Waals surface area contributed by atoms with Crippen LogP contribution in [0, 0.1) is 5.92 Å². The van der Waals surface area contributed by atoms with Crippen molar-refractivity contribution >= 4 is 63.1 Å². The number of ether oxygens (including phenoxy) is 1. The molecule has 2 amide bonds. The number of fused-ring (bicyclic) bond motifs is 1. The zero-order valence-electron chi connectivity index (χ0n) is 18.6. The summed E-state index contributed by atoms with van der Waals surface area (Å²) in [5, 5.41) is 13.2. The fraction of sp³-hybridized carbons (Fsp3) is 0.364. The largest absolute Gasteiger partial charge is 0.484 e. The van der Waals surface area contributed by atoms with Crippen LogP contribution < -0.4 is 15.8 Å². The summed E-state index contributed by atoms with van der Waals surface area (Å²) in [5.74, 6) is 0.914. The molecular weight excluding hydrogens is 517 g/mol. The molecule has 0 saturated carbocycles. The standard InChI is InChI=1S/C22H23Cl2N5O3S2/c1-11-3-5-13-16(7-11)34-21(19(13)20(25)31)26-18(30)10-33-22-28-27-17(29(22)2)9-32-15-8-12(23)4-6-14(15)24/h4,6,8,11H,3,5,7,9-10H2,1-2H3,(H2,25,31)(H,26,30). The summed E-state index contributed by atoms with van der Waals surface area (Å²) in [7, 11) is 1.79. The van der Waals surface area contributed by atoms with E-state index in [0.29, 0.717) is 43.3 Å². The van der Waals surface area contributed by atoms with Gasteiger partial charge in [-0.1, -0.05) is 41.9 Å². The molecule has 0 radical (unpaired) electrons. The SMILES string of the molecule is CC1CCc2c(sc(NC(=O)CSc3nnc(COc4cc(Cl)ccc4Cl)n3C)c2C(N)=O)C1. The first-order valence-corrected chi connectivity index (χ1v) is 13.1. The van der Waals surface area contributed by atoms with Gasteiger partial charge >= 0.3 is 0 Å². The Bertz CT molecular complexity index is 1240. The number of anilines is 1. The Balaban J connectivity index is 1.37. The van der Waals surface area contributed by atoms with Crippen molar-refractivity contribution in [2.45, 2.75) is 37.9 Å². The molecule has 3 N–H and O–H groups in total. The number of rotatable bonds is 8. The number of hydrogen-bond acceptors (Lipinski definition) is 7. The van der Waals surface area contributed by atoms with E-state index in [4.69, 9.17) is 33.7 Å². The van der Waals surface area contributed by atoms with Crippen LogP contribution in [0.5, 0.6) is 5.75 Å². The second kappa shape index (κ2) is 10.6. The Morgan fingerprint density at radius 2 is 2.15 bits per heavy atom. The van der Waals surface area contributed by atoms with Crippen LogP contribution in [0.1, 0.15) is 40.0 Å². The highest BCUT2D eigenvalue weighted by molar-refractivity contribution is 7.99. The molecule has 180 valence electrons. The normalized spacial score (nSPS) is 15.1. The topological polar surface area (TPSA) is 112 Å². The molecule has 2 heterocycles. The monoisotopic (exact) mass is 539 g/mol. The summed E-state index contributed by atoms with van der Waals surface area (Å²) in [6.07, 6.45) is 2.71. The second-order valence-electron chi connectivity index (χ2n) is 8.08. The van der Waals surface area contributed by atoms with E-state index in [1.54, 1.807) is 29.8 Å². The van der Waals surface area contributed by atoms with E-state index < -0.39 is 5.91 Å². The van der Waals surface area contributed by atoms with Crippen molar-refractivity contribution in [3.05, 3.63) is 50.1 Å². The van der Waals surface area contributed by atoms with Crippen LogP contribution in [0.3, 0.4) is 0 Å². The van der Waals surface area contributed by atoms with Crippen molar-refractivity contribution < 1.29 is 14.3 Å². The second-order valence-corrected chi connectivity index (χ2v) is 11.0. The molecule has 0 saturated heterocycles. The molecule has 0 bridgehead atoms. The van der Waals surface area contributed by atoms with Crippen molar-refractivity contribution in [1.82, 2.24) is 14.8 Å². The lowest BCUT2D eigenvalue weighted by molar-refractivity contribution is -0.113. The molecule has 1 unspecified atom stereocenters. The molecule has 1 aliphatic carbocycles. The number of primary amides is 1. The molecule has 34 heavy (non-hydrogen) atoms. The number of halogens is 2. The van der Waals surface area contributed by atoms with E-state index in [1.165, 1.54) is 23.1 Å². The molecule has 8 nitrogen and oxygen atoms in total. The predicted molar refractivity (Wildman–Crippen MR) is 135 cm³/mol. The fourth-order valence-electron chi connectivity index (χ4n) is 3.72. The Hall–Kier alpha value is -2.27. The zero-order chi connectivity index (χ0) is 24.4. The van der Waals surface area contributed by atoms with Crippen LogP contribution in [0.15, 0.2) is 23.4 Å². The molecule has 0 fully saturated rings. The maximum absolute atomic E-state index is 12.6. The molecular formula is C22H23Cl2N5O3S2. The van der Waals surface area contributed by atoms with Crippen LogP contribution in [0.25, 0.3) is 0 Å². The van der Waals surface area contributed by atoms with Gasteiger partial charge in [0.2, 0.25) is 5.91 Å². The molecule has 1 aromatic carbocycles. The predicted octanol–water partition coefficient (Wildman–Crippen LogP) is 4.72. The highest BCUT2D eigenvalue weighted by Crippen LogP contribution is 2.39. The summed E-state index contributed by atoms with van der Waals surface area (Å²) >= 11 is 14.8. The summed E-state index contributed by atoms with van der Waals surface area (Å²) in [5.41, 5.74) is 7.06. The number of nitrogens with one attached hydrogen (secondary N) is 1. The van der Waals surface area contributed by atoms with Crippen LogP contribution in [0.4, 0.5) is 5.00 Å². The number of thioether (sulfide) groups is 1. The van der Waals surface area contributed by atoms with Gasteiger partial charge in [-0.05, 0) is 42.9 Å². The minimum absolute atomic E-state index is 0.101. The molecule has 1 atom stereocenters. The lowest BCUT2D eigenvalue weighted by atomic mass is 9.88. The third-order valence-corrected chi connectivity index (χ3v) is 8.26. The maximum atomic E-state index is 12.6. The minimum atomic E-state index is -0.507.